The van der Waals surface area contributed by atoms with Crippen molar-refractivity contribution in [2.24, 2.45) is 0 Å². The van der Waals surface area contributed by atoms with E-state index >= 15 is 0 Å². The molecule has 5 rings (SSSR count). The van der Waals surface area contributed by atoms with Crippen molar-refractivity contribution in [3.63, 3.8) is 0 Å². The van der Waals surface area contributed by atoms with E-state index in [4.69, 9.17) is 0 Å². The number of allylic oxidation sites excluding steroid dienone is 4. The van der Waals surface area contributed by atoms with Gasteiger partial charge in [0.05, 0.1) is 0 Å². The Morgan fingerprint density at radius 1 is 0.923 bits per heavy atom. The monoisotopic (exact) mass is 482 g/mol. The number of fused-ring (bicyclic) bond motifs is 3. The van der Waals surface area contributed by atoms with Crippen molar-refractivity contribution < 1.29 is 0 Å². The first-order valence-electron chi connectivity index (χ1n) is 8.72. The molecule has 1 heterocycles. The van der Waals surface area contributed by atoms with Crippen LogP contribution in [0.25, 0.3) is 16.7 Å². The van der Waals surface area contributed by atoms with Crippen LogP contribution in [0.2, 0.25) is 0 Å². The van der Waals surface area contributed by atoms with Crippen molar-refractivity contribution in [2.75, 3.05) is 0 Å². The Morgan fingerprint density at radius 3 is 2.23 bits per heavy atom. The predicted octanol–water partition coefficient (Wildman–Crippen LogP) is 8.19. The van der Waals surface area contributed by atoms with E-state index in [-0.39, 0.29) is 0 Å². The van der Waals surface area contributed by atoms with Crippen LogP contribution in [0.3, 0.4) is 0 Å². The summed E-state index contributed by atoms with van der Waals surface area (Å²) in [7, 11) is 0. The lowest BCUT2D eigenvalue weighted by molar-refractivity contribution is 0.804. The van der Waals surface area contributed by atoms with Crippen molar-refractivity contribution in [3.05, 3.63) is 96.6 Å². The van der Waals surface area contributed by atoms with E-state index in [1.807, 2.05) is 11.3 Å². The summed E-state index contributed by atoms with van der Waals surface area (Å²) in [6.07, 6.45) is 6.92. The highest BCUT2D eigenvalue weighted by Gasteiger charge is 2.30. The molecule has 2 aromatic carbocycles. The van der Waals surface area contributed by atoms with E-state index in [1.165, 1.54) is 38.3 Å². The summed E-state index contributed by atoms with van der Waals surface area (Å²) in [5, 5.41) is 2.15. The van der Waals surface area contributed by atoms with Crippen LogP contribution in [0.1, 0.15) is 34.8 Å². The fraction of sp³-hybridized carbons (Fsp3) is 0.130. The summed E-state index contributed by atoms with van der Waals surface area (Å²) in [5.74, 6) is 0.428. The summed E-state index contributed by atoms with van der Waals surface area (Å²) < 4.78 is 2.32. The third-order valence-corrected chi connectivity index (χ3v) is 7.19. The zero-order chi connectivity index (χ0) is 17.7. The van der Waals surface area contributed by atoms with Gasteiger partial charge in [0.1, 0.15) is 0 Å². The second kappa shape index (κ2) is 6.63. The first-order valence-corrected chi connectivity index (χ1v) is 11.2. The molecule has 0 saturated carbocycles. The van der Waals surface area contributed by atoms with Gasteiger partial charge < -0.3 is 0 Å². The smallest absolute Gasteiger partial charge is 0.0339 e. The first kappa shape index (κ1) is 16.7. The van der Waals surface area contributed by atoms with Gasteiger partial charge in [-0.15, -0.1) is 11.3 Å². The molecule has 26 heavy (non-hydrogen) atoms. The maximum Gasteiger partial charge on any atom is 0.0339 e. The Balaban J connectivity index is 1.53. The summed E-state index contributed by atoms with van der Waals surface area (Å²) in [5.41, 5.74) is 8.56. The van der Waals surface area contributed by atoms with Crippen molar-refractivity contribution in [1.29, 1.82) is 0 Å². The van der Waals surface area contributed by atoms with E-state index in [9.17, 15) is 0 Å². The van der Waals surface area contributed by atoms with Crippen LogP contribution in [0.5, 0.6) is 0 Å². The Kier molecular flexibility index (Phi) is 4.27. The van der Waals surface area contributed by atoms with Gasteiger partial charge in [0.2, 0.25) is 0 Å². The highest BCUT2D eigenvalue weighted by atomic mass is 79.9. The SMILES string of the molecule is Brc1ccc2c(c1)C(CC1=CC(c3cccs3)=CC1)c1cc(Br)ccc1-2. The molecule has 0 atom stereocenters. The van der Waals surface area contributed by atoms with E-state index in [0.717, 1.165) is 21.8 Å². The topological polar surface area (TPSA) is 0 Å². The molecule has 0 N–H and O–H groups in total. The van der Waals surface area contributed by atoms with Crippen LogP contribution in [-0.2, 0) is 0 Å². The highest BCUT2D eigenvalue weighted by molar-refractivity contribution is 9.10. The van der Waals surface area contributed by atoms with Crippen LogP contribution in [0.15, 0.2) is 80.6 Å². The first-order chi connectivity index (χ1) is 12.7. The lowest BCUT2D eigenvalue weighted by Crippen LogP contribution is -1.98. The van der Waals surface area contributed by atoms with Gasteiger partial charge in [-0.25, -0.2) is 0 Å². The van der Waals surface area contributed by atoms with Crippen LogP contribution in [0, 0.1) is 0 Å². The molecule has 0 saturated heterocycles. The fourth-order valence-electron chi connectivity index (χ4n) is 4.12. The average molecular weight is 484 g/mol. The normalized spacial score (nSPS) is 15.6. The third-order valence-electron chi connectivity index (χ3n) is 5.28. The minimum Gasteiger partial charge on any atom is -0.144 e. The van der Waals surface area contributed by atoms with Gasteiger partial charge >= 0.3 is 0 Å². The molecule has 2 aliphatic rings. The quantitative estimate of drug-likeness (QED) is 0.352. The molecule has 0 radical (unpaired) electrons. The number of hydrogen-bond donors (Lipinski definition) is 0. The molecule has 0 bridgehead atoms. The van der Waals surface area contributed by atoms with E-state index in [1.54, 1.807) is 0 Å². The largest absolute Gasteiger partial charge is 0.144 e. The van der Waals surface area contributed by atoms with Gasteiger partial charge in [0.25, 0.3) is 0 Å². The van der Waals surface area contributed by atoms with Crippen LogP contribution >= 0.6 is 43.2 Å². The third kappa shape index (κ3) is 2.87. The summed E-state index contributed by atoms with van der Waals surface area (Å²) in [6, 6.07) is 17.8. The molecule has 0 unspecified atom stereocenters. The van der Waals surface area contributed by atoms with Crippen LogP contribution < -0.4 is 0 Å². The van der Waals surface area contributed by atoms with Crippen molar-refractivity contribution >= 4 is 48.8 Å². The lowest BCUT2D eigenvalue weighted by atomic mass is 9.89. The van der Waals surface area contributed by atoms with E-state index in [0.29, 0.717) is 5.92 Å². The maximum atomic E-state index is 3.67. The number of halogens is 2. The Morgan fingerprint density at radius 2 is 1.62 bits per heavy atom. The van der Waals surface area contributed by atoms with Gasteiger partial charge in [-0.1, -0.05) is 67.8 Å². The molecule has 1 aromatic heterocycles. The van der Waals surface area contributed by atoms with Crippen molar-refractivity contribution in [1.82, 2.24) is 0 Å². The van der Waals surface area contributed by atoms with Gasteiger partial charge in [-0.2, -0.15) is 0 Å². The number of benzene rings is 2. The van der Waals surface area contributed by atoms with Crippen LogP contribution in [-0.4, -0.2) is 0 Å². The number of hydrogen-bond acceptors (Lipinski definition) is 1. The molecule has 2 aliphatic carbocycles. The molecule has 0 amide bonds. The second-order valence-corrected chi connectivity index (χ2v) is 9.64. The molecule has 3 heteroatoms. The molecule has 0 spiro atoms. The van der Waals surface area contributed by atoms with Gasteiger partial charge in [0, 0.05) is 19.7 Å². The Bertz CT molecular complexity index is 1010. The molecule has 0 fully saturated rings. The molecule has 128 valence electrons. The average Bonchev–Trinajstić information content (AvgIpc) is 3.35. The molecule has 3 aromatic rings. The van der Waals surface area contributed by atoms with Gasteiger partial charge in [-0.3, -0.25) is 0 Å². The minimum absolute atomic E-state index is 0.428. The van der Waals surface area contributed by atoms with E-state index < -0.39 is 0 Å². The Labute approximate surface area is 174 Å². The summed E-state index contributed by atoms with van der Waals surface area (Å²) >= 11 is 9.16. The van der Waals surface area contributed by atoms with Gasteiger partial charge in [-0.05, 0) is 76.4 Å². The van der Waals surface area contributed by atoms with E-state index in [2.05, 4.69) is 97.9 Å². The molecule has 0 aliphatic heterocycles. The Hall–Kier alpha value is -1.42. The number of thiophene rings is 1. The molecular formula is C23H16Br2S. The maximum absolute atomic E-state index is 3.67. The lowest BCUT2D eigenvalue weighted by Gasteiger charge is -2.15. The minimum atomic E-state index is 0.428. The standard InChI is InChI=1S/C23H16Br2S/c24-16-5-7-18-19-8-6-17(25)13-22(19)20(21(18)12-16)11-14-3-4-15(10-14)23-2-1-9-26-23/h1-2,4-10,12-13,20H,3,11H2. The zero-order valence-corrected chi connectivity index (χ0v) is 18.0. The van der Waals surface area contributed by atoms with Gasteiger partial charge in [0.15, 0.2) is 0 Å². The van der Waals surface area contributed by atoms with Crippen molar-refractivity contribution in [3.8, 4) is 11.1 Å². The highest BCUT2D eigenvalue weighted by Crippen LogP contribution is 2.50. The summed E-state index contributed by atoms with van der Waals surface area (Å²) in [4.78, 5) is 1.37. The fourth-order valence-corrected chi connectivity index (χ4v) is 5.62. The van der Waals surface area contributed by atoms with Crippen molar-refractivity contribution in [2.45, 2.75) is 18.8 Å². The molecule has 0 nitrogen and oxygen atoms in total. The predicted molar refractivity (Wildman–Crippen MR) is 119 cm³/mol. The zero-order valence-electron chi connectivity index (χ0n) is 14.0. The molecular weight excluding hydrogens is 468 g/mol. The second-order valence-electron chi connectivity index (χ2n) is 6.86. The summed E-state index contributed by atoms with van der Waals surface area (Å²) in [6.45, 7) is 0. The number of rotatable bonds is 3. The van der Waals surface area contributed by atoms with Crippen LogP contribution in [0.4, 0.5) is 0 Å².